The Morgan fingerprint density at radius 2 is 1.90 bits per heavy atom. The molecule has 0 aliphatic heterocycles. The predicted octanol–water partition coefficient (Wildman–Crippen LogP) is 4.80. The molecule has 6 nitrogen and oxygen atoms in total. The molecule has 0 bridgehead atoms. The van der Waals surface area contributed by atoms with Gasteiger partial charge >= 0.3 is 0 Å². The van der Waals surface area contributed by atoms with Gasteiger partial charge in [-0.3, -0.25) is 9.52 Å². The summed E-state index contributed by atoms with van der Waals surface area (Å²) in [6.07, 6.45) is 2.47. The van der Waals surface area contributed by atoms with Crippen LogP contribution in [0.25, 0.3) is 0 Å². The lowest BCUT2D eigenvalue weighted by atomic mass is 10.2. The number of halogens is 2. The van der Waals surface area contributed by atoms with E-state index in [4.69, 9.17) is 11.6 Å². The van der Waals surface area contributed by atoms with Crippen LogP contribution in [-0.2, 0) is 16.4 Å². The number of amides is 1. The van der Waals surface area contributed by atoms with Crippen LogP contribution < -0.4 is 10.0 Å². The first-order valence-electron chi connectivity index (χ1n) is 9.52. The van der Waals surface area contributed by atoms with Gasteiger partial charge in [-0.15, -0.1) is 11.3 Å². The van der Waals surface area contributed by atoms with E-state index < -0.39 is 21.7 Å². The maximum atomic E-state index is 13.0. The fraction of sp³-hybridized carbons (Fsp3) is 0.238. The van der Waals surface area contributed by atoms with Crippen molar-refractivity contribution < 1.29 is 17.6 Å². The number of nitrogens with zero attached hydrogens (tertiary/aromatic N) is 1. The van der Waals surface area contributed by atoms with Gasteiger partial charge in [0.2, 0.25) is 0 Å². The molecule has 0 unspecified atom stereocenters. The highest BCUT2D eigenvalue weighted by Gasteiger charge is 2.19. The third kappa shape index (κ3) is 6.49. The molecule has 10 heteroatoms. The van der Waals surface area contributed by atoms with Crippen molar-refractivity contribution in [3.8, 4) is 0 Å². The summed E-state index contributed by atoms with van der Waals surface area (Å²) in [4.78, 5) is 16.8. The summed E-state index contributed by atoms with van der Waals surface area (Å²) < 4.78 is 40.6. The number of thiazole rings is 1. The zero-order chi connectivity index (χ0) is 22.4. The van der Waals surface area contributed by atoms with Crippen LogP contribution >= 0.6 is 22.9 Å². The standard InChI is InChI=1S/C21H21ClFN3O3S2/c1-14-13-30-20(25-14)4-2-3-11-24-21(27)18-12-17(9-10-19(18)22)31(28,29)26-16-7-5-15(23)6-8-16/h5-10,12-13,26H,2-4,11H2,1H3,(H,24,27). The molecular formula is C21H21ClFN3O3S2. The quantitative estimate of drug-likeness (QED) is 0.430. The number of anilines is 1. The van der Waals surface area contributed by atoms with Gasteiger partial charge in [0.05, 0.1) is 20.5 Å². The van der Waals surface area contributed by atoms with Gasteiger partial charge in [-0.1, -0.05) is 11.6 Å². The topological polar surface area (TPSA) is 88.2 Å². The number of nitrogens with one attached hydrogen (secondary N) is 2. The Bertz CT molecular complexity index is 1160. The Morgan fingerprint density at radius 1 is 1.16 bits per heavy atom. The number of benzene rings is 2. The Morgan fingerprint density at radius 3 is 2.58 bits per heavy atom. The second-order valence-corrected chi connectivity index (χ2v) is 9.88. The summed E-state index contributed by atoms with van der Waals surface area (Å²) in [6, 6.07) is 8.80. The number of hydrogen-bond acceptors (Lipinski definition) is 5. The molecule has 1 amide bonds. The van der Waals surface area contributed by atoms with Crippen molar-refractivity contribution in [1.29, 1.82) is 0 Å². The van der Waals surface area contributed by atoms with Crippen molar-refractivity contribution in [3.05, 3.63) is 74.9 Å². The van der Waals surface area contributed by atoms with Gasteiger partial charge in [-0.05, 0) is 68.7 Å². The number of unbranched alkanes of at least 4 members (excludes halogenated alkanes) is 1. The van der Waals surface area contributed by atoms with Crippen molar-refractivity contribution >= 4 is 44.6 Å². The summed E-state index contributed by atoms with van der Waals surface area (Å²) in [5.74, 6) is -0.927. The lowest BCUT2D eigenvalue weighted by Gasteiger charge is -2.11. The van der Waals surface area contributed by atoms with Gasteiger partial charge in [0.1, 0.15) is 5.82 Å². The Balaban J connectivity index is 1.60. The molecule has 0 fully saturated rings. The highest BCUT2D eigenvalue weighted by Crippen LogP contribution is 2.23. The van der Waals surface area contributed by atoms with Crippen LogP contribution in [0.5, 0.6) is 0 Å². The van der Waals surface area contributed by atoms with E-state index in [0.717, 1.165) is 42.1 Å². The number of aromatic nitrogens is 1. The normalized spacial score (nSPS) is 11.3. The first-order chi connectivity index (χ1) is 14.7. The minimum Gasteiger partial charge on any atom is -0.352 e. The molecule has 2 N–H and O–H groups in total. The highest BCUT2D eigenvalue weighted by molar-refractivity contribution is 7.92. The number of rotatable bonds is 9. The van der Waals surface area contributed by atoms with Gasteiger partial charge in [-0.25, -0.2) is 17.8 Å². The van der Waals surface area contributed by atoms with Crippen LogP contribution in [0.3, 0.4) is 0 Å². The Kier molecular flexibility index (Phi) is 7.64. The van der Waals surface area contributed by atoms with Crippen molar-refractivity contribution in [2.24, 2.45) is 0 Å². The number of aryl methyl sites for hydroxylation is 2. The number of carbonyl (C=O) groups excluding carboxylic acids is 1. The third-order valence-corrected chi connectivity index (χ3v) is 7.09. The molecule has 2 aromatic carbocycles. The van der Waals surface area contributed by atoms with Gasteiger partial charge in [-0.2, -0.15) is 0 Å². The molecule has 164 valence electrons. The largest absolute Gasteiger partial charge is 0.352 e. The van der Waals surface area contributed by atoms with E-state index in [2.05, 4.69) is 15.0 Å². The molecule has 0 saturated heterocycles. The smallest absolute Gasteiger partial charge is 0.261 e. The molecule has 3 aromatic rings. The summed E-state index contributed by atoms with van der Waals surface area (Å²) in [5, 5.41) is 5.99. The zero-order valence-electron chi connectivity index (χ0n) is 16.7. The fourth-order valence-corrected chi connectivity index (χ4v) is 4.90. The number of hydrogen-bond donors (Lipinski definition) is 2. The van der Waals surface area contributed by atoms with Crippen LogP contribution in [0, 0.1) is 12.7 Å². The fourth-order valence-electron chi connectivity index (χ4n) is 2.79. The molecule has 0 aliphatic carbocycles. The van der Waals surface area contributed by atoms with Crippen LogP contribution in [0.4, 0.5) is 10.1 Å². The Labute approximate surface area is 189 Å². The van der Waals surface area contributed by atoms with Crippen molar-refractivity contribution in [2.75, 3.05) is 11.3 Å². The second kappa shape index (κ2) is 10.2. The molecule has 0 atom stereocenters. The SMILES string of the molecule is Cc1csc(CCCCNC(=O)c2cc(S(=O)(=O)Nc3ccc(F)cc3)ccc2Cl)n1. The summed E-state index contributed by atoms with van der Waals surface area (Å²) >= 11 is 7.74. The summed E-state index contributed by atoms with van der Waals surface area (Å²) in [7, 11) is -3.97. The molecule has 0 aliphatic rings. The number of sulfonamides is 1. The van der Waals surface area contributed by atoms with E-state index in [1.54, 1.807) is 11.3 Å². The summed E-state index contributed by atoms with van der Waals surface area (Å²) in [6.45, 7) is 2.39. The lowest BCUT2D eigenvalue weighted by Crippen LogP contribution is -2.25. The average molecular weight is 482 g/mol. The summed E-state index contributed by atoms with van der Waals surface area (Å²) in [5.41, 5.74) is 1.28. The van der Waals surface area contributed by atoms with E-state index in [0.29, 0.717) is 6.54 Å². The molecule has 0 spiro atoms. The number of carbonyl (C=O) groups is 1. The molecule has 0 saturated carbocycles. The Hall–Kier alpha value is -2.49. The molecule has 1 heterocycles. The van der Waals surface area contributed by atoms with Crippen molar-refractivity contribution in [1.82, 2.24) is 10.3 Å². The van der Waals surface area contributed by atoms with E-state index in [1.807, 2.05) is 12.3 Å². The van der Waals surface area contributed by atoms with Crippen LogP contribution in [0.2, 0.25) is 5.02 Å². The van der Waals surface area contributed by atoms with Gasteiger partial charge in [0.25, 0.3) is 15.9 Å². The second-order valence-electron chi connectivity index (χ2n) is 6.85. The predicted molar refractivity (Wildman–Crippen MR) is 121 cm³/mol. The maximum Gasteiger partial charge on any atom is 0.261 e. The van der Waals surface area contributed by atoms with Gasteiger partial charge in [0, 0.05) is 23.3 Å². The highest BCUT2D eigenvalue weighted by atomic mass is 35.5. The first-order valence-corrected chi connectivity index (χ1v) is 12.3. The van der Waals surface area contributed by atoms with Gasteiger partial charge in [0.15, 0.2) is 0 Å². The molecule has 0 radical (unpaired) electrons. The zero-order valence-corrected chi connectivity index (χ0v) is 19.1. The minimum atomic E-state index is -3.97. The monoisotopic (exact) mass is 481 g/mol. The van der Waals surface area contributed by atoms with Crippen molar-refractivity contribution in [2.45, 2.75) is 31.1 Å². The van der Waals surface area contributed by atoms with Crippen molar-refractivity contribution in [3.63, 3.8) is 0 Å². The molecular weight excluding hydrogens is 461 g/mol. The van der Waals surface area contributed by atoms with E-state index >= 15 is 0 Å². The first kappa shape index (κ1) is 23.2. The van der Waals surface area contributed by atoms with E-state index in [1.165, 1.54) is 30.3 Å². The molecule has 3 rings (SSSR count). The maximum absolute atomic E-state index is 13.0. The van der Waals surface area contributed by atoms with Crippen LogP contribution in [-0.4, -0.2) is 25.9 Å². The van der Waals surface area contributed by atoms with Gasteiger partial charge < -0.3 is 5.32 Å². The average Bonchev–Trinajstić information content (AvgIpc) is 3.14. The van der Waals surface area contributed by atoms with E-state index in [-0.39, 0.29) is 21.2 Å². The van der Waals surface area contributed by atoms with Crippen LogP contribution in [0.1, 0.15) is 33.9 Å². The molecule has 31 heavy (non-hydrogen) atoms. The minimum absolute atomic E-state index is 0.0687. The molecule has 1 aromatic heterocycles. The lowest BCUT2D eigenvalue weighted by molar-refractivity contribution is 0.0953. The third-order valence-electron chi connectivity index (χ3n) is 4.36. The van der Waals surface area contributed by atoms with Crippen LogP contribution in [0.15, 0.2) is 52.7 Å². The van der Waals surface area contributed by atoms with E-state index in [9.17, 15) is 17.6 Å².